The van der Waals surface area contributed by atoms with Crippen molar-refractivity contribution in [3.8, 4) is 0 Å². The first-order chi connectivity index (χ1) is 7.45. The van der Waals surface area contributed by atoms with Gasteiger partial charge in [0.25, 0.3) is 0 Å². The fourth-order valence-electron chi connectivity index (χ4n) is 2.40. The lowest BCUT2D eigenvalue weighted by Gasteiger charge is -2.11. The largest absolute Gasteiger partial charge is 0.381 e. The molecule has 0 spiro atoms. The van der Waals surface area contributed by atoms with Crippen molar-refractivity contribution in [1.29, 1.82) is 0 Å². The maximum atomic E-state index is 5.65. The molecule has 1 N–H and O–H groups in total. The molecule has 3 nitrogen and oxygen atoms in total. The Kier molecular flexibility index (Phi) is 4.90. The second-order valence-electron chi connectivity index (χ2n) is 4.68. The molecule has 3 heteroatoms. The quantitative estimate of drug-likeness (QED) is 0.679. The van der Waals surface area contributed by atoms with Gasteiger partial charge >= 0.3 is 0 Å². The minimum absolute atomic E-state index is 0.484. The molecule has 15 heavy (non-hydrogen) atoms. The zero-order valence-corrected chi connectivity index (χ0v) is 9.54. The van der Waals surface area contributed by atoms with Crippen molar-refractivity contribution in [1.82, 2.24) is 5.32 Å². The van der Waals surface area contributed by atoms with Gasteiger partial charge in [-0.05, 0) is 51.1 Å². The maximum Gasteiger partial charge on any atom is 0.0597 e. The van der Waals surface area contributed by atoms with Crippen LogP contribution in [-0.4, -0.2) is 39.0 Å². The van der Waals surface area contributed by atoms with Crippen molar-refractivity contribution in [3.63, 3.8) is 0 Å². The highest BCUT2D eigenvalue weighted by Crippen LogP contribution is 2.15. The minimum Gasteiger partial charge on any atom is -0.381 e. The molecule has 0 saturated carbocycles. The molecular formula is C12H23NO2. The average Bonchev–Trinajstić information content (AvgIpc) is 2.88. The standard InChI is InChI=1S/C12H23NO2/c1-2-12(15-7-1)5-9-14-8-4-11-3-6-13-10-11/h11-13H,1-10H2. The van der Waals surface area contributed by atoms with Gasteiger partial charge in [-0.3, -0.25) is 0 Å². The molecule has 0 radical (unpaired) electrons. The summed E-state index contributed by atoms with van der Waals surface area (Å²) in [6.45, 7) is 5.15. The smallest absolute Gasteiger partial charge is 0.0597 e. The predicted molar refractivity (Wildman–Crippen MR) is 60.0 cm³/mol. The van der Waals surface area contributed by atoms with Crippen molar-refractivity contribution in [2.24, 2.45) is 5.92 Å². The molecule has 0 aromatic carbocycles. The molecule has 0 amide bonds. The highest BCUT2D eigenvalue weighted by molar-refractivity contribution is 4.70. The summed E-state index contributed by atoms with van der Waals surface area (Å²) in [6, 6.07) is 0. The lowest BCUT2D eigenvalue weighted by molar-refractivity contribution is 0.0558. The molecule has 0 bridgehead atoms. The molecule has 2 unspecified atom stereocenters. The third-order valence-electron chi connectivity index (χ3n) is 3.44. The Balaban J connectivity index is 1.41. The molecule has 0 aromatic heterocycles. The summed E-state index contributed by atoms with van der Waals surface area (Å²) < 4.78 is 11.2. The lowest BCUT2D eigenvalue weighted by Crippen LogP contribution is -2.13. The Bertz CT molecular complexity index is 145. The predicted octanol–water partition coefficient (Wildman–Crippen LogP) is 1.57. The minimum atomic E-state index is 0.484. The van der Waals surface area contributed by atoms with Crippen LogP contribution in [0.2, 0.25) is 0 Å². The van der Waals surface area contributed by atoms with Crippen LogP contribution in [0, 0.1) is 5.92 Å². The topological polar surface area (TPSA) is 30.5 Å². The highest BCUT2D eigenvalue weighted by atomic mass is 16.5. The number of nitrogens with one attached hydrogen (secondary N) is 1. The number of hydrogen-bond acceptors (Lipinski definition) is 3. The summed E-state index contributed by atoms with van der Waals surface area (Å²) in [5, 5.41) is 3.38. The molecule has 2 saturated heterocycles. The Morgan fingerprint density at radius 2 is 2.13 bits per heavy atom. The fourth-order valence-corrected chi connectivity index (χ4v) is 2.40. The van der Waals surface area contributed by atoms with Crippen LogP contribution in [0.25, 0.3) is 0 Å². The van der Waals surface area contributed by atoms with Crippen molar-refractivity contribution in [2.45, 2.75) is 38.2 Å². The zero-order valence-electron chi connectivity index (χ0n) is 9.54. The van der Waals surface area contributed by atoms with Crippen LogP contribution in [0.15, 0.2) is 0 Å². The Morgan fingerprint density at radius 1 is 1.20 bits per heavy atom. The fraction of sp³-hybridized carbons (Fsp3) is 1.00. The lowest BCUT2D eigenvalue weighted by atomic mass is 10.1. The first-order valence-corrected chi connectivity index (χ1v) is 6.35. The zero-order chi connectivity index (χ0) is 10.3. The number of hydrogen-bond donors (Lipinski definition) is 1. The molecule has 2 atom stereocenters. The van der Waals surface area contributed by atoms with E-state index in [2.05, 4.69) is 5.32 Å². The van der Waals surface area contributed by atoms with E-state index in [0.29, 0.717) is 6.10 Å². The summed E-state index contributed by atoms with van der Waals surface area (Å²) in [5.74, 6) is 0.854. The van der Waals surface area contributed by atoms with Crippen molar-refractivity contribution in [3.05, 3.63) is 0 Å². The molecular weight excluding hydrogens is 190 g/mol. The molecule has 2 aliphatic heterocycles. The molecule has 2 heterocycles. The van der Waals surface area contributed by atoms with Gasteiger partial charge in [-0.1, -0.05) is 0 Å². The number of ether oxygens (including phenoxy) is 2. The Morgan fingerprint density at radius 3 is 2.87 bits per heavy atom. The van der Waals surface area contributed by atoms with Crippen LogP contribution in [0.5, 0.6) is 0 Å². The van der Waals surface area contributed by atoms with E-state index in [1.807, 2.05) is 0 Å². The van der Waals surface area contributed by atoms with E-state index in [1.54, 1.807) is 0 Å². The van der Waals surface area contributed by atoms with E-state index >= 15 is 0 Å². The van der Waals surface area contributed by atoms with Gasteiger partial charge in [0.05, 0.1) is 6.10 Å². The third kappa shape index (κ3) is 4.09. The van der Waals surface area contributed by atoms with Crippen molar-refractivity contribution in [2.75, 3.05) is 32.9 Å². The van der Waals surface area contributed by atoms with Crippen LogP contribution in [0.3, 0.4) is 0 Å². The SMILES string of the molecule is C1COC(CCOCCC2CCNC2)C1. The van der Waals surface area contributed by atoms with Crippen molar-refractivity contribution >= 4 is 0 Å². The molecule has 2 aliphatic rings. The van der Waals surface area contributed by atoms with Gasteiger partial charge in [0, 0.05) is 19.8 Å². The van der Waals surface area contributed by atoms with Gasteiger partial charge in [0.2, 0.25) is 0 Å². The van der Waals surface area contributed by atoms with Gasteiger partial charge < -0.3 is 14.8 Å². The summed E-state index contributed by atoms with van der Waals surface area (Å²) in [7, 11) is 0. The van der Waals surface area contributed by atoms with E-state index < -0.39 is 0 Å². The van der Waals surface area contributed by atoms with E-state index in [-0.39, 0.29) is 0 Å². The summed E-state index contributed by atoms with van der Waals surface area (Å²) in [5.41, 5.74) is 0. The van der Waals surface area contributed by atoms with E-state index in [4.69, 9.17) is 9.47 Å². The van der Waals surface area contributed by atoms with Crippen LogP contribution < -0.4 is 5.32 Å². The van der Waals surface area contributed by atoms with Crippen molar-refractivity contribution < 1.29 is 9.47 Å². The monoisotopic (exact) mass is 213 g/mol. The Labute approximate surface area is 92.5 Å². The molecule has 0 aliphatic carbocycles. The number of rotatable bonds is 6. The first kappa shape index (κ1) is 11.4. The van der Waals surface area contributed by atoms with Gasteiger partial charge in [0.1, 0.15) is 0 Å². The third-order valence-corrected chi connectivity index (χ3v) is 3.44. The van der Waals surface area contributed by atoms with Gasteiger partial charge in [-0.15, -0.1) is 0 Å². The molecule has 2 rings (SSSR count). The average molecular weight is 213 g/mol. The normalized spacial score (nSPS) is 31.2. The summed E-state index contributed by atoms with van der Waals surface area (Å²) in [6.07, 6.45) is 6.59. The van der Waals surface area contributed by atoms with Crippen LogP contribution >= 0.6 is 0 Å². The molecule has 2 fully saturated rings. The van der Waals surface area contributed by atoms with Crippen LogP contribution in [0.1, 0.15) is 32.1 Å². The molecule has 0 aromatic rings. The Hall–Kier alpha value is -0.120. The van der Waals surface area contributed by atoms with Crippen LogP contribution in [0.4, 0.5) is 0 Å². The second-order valence-corrected chi connectivity index (χ2v) is 4.68. The van der Waals surface area contributed by atoms with E-state index in [0.717, 1.165) is 32.2 Å². The van der Waals surface area contributed by atoms with Gasteiger partial charge in [0.15, 0.2) is 0 Å². The summed E-state index contributed by atoms with van der Waals surface area (Å²) >= 11 is 0. The highest BCUT2D eigenvalue weighted by Gasteiger charge is 2.16. The van der Waals surface area contributed by atoms with Gasteiger partial charge in [-0.25, -0.2) is 0 Å². The van der Waals surface area contributed by atoms with E-state index in [1.165, 1.54) is 38.8 Å². The van der Waals surface area contributed by atoms with E-state index in [9.17, 15) is 0 Å². The van der Waals surface area contributed by atoms with Gasteiger partial charge in [-0.2, -0.15) is 0 Å². The van der Waals surface area contributed by atoms with Crippen LogP contribution in [-0.2, 0) is 9.47 Å². The maximum absolute atomic E-state index is 5.65. The first-order valence-electron chi connectivity index (χ1n) is 6.35. The molecule has 88 valence electrons. The summed E-state index contributed by atoms with van der Waals surface area (Å²) in [4.78, 5) is 0. The second kappa shape index (κ2) is 6.46.